The van der Waals surface area contributed by atoms with Crippen LogP contribution < -0.4 is 0 Å². The molecule has 0 fully saturated rings. The first-order chi connectivity index (χ1) is 7.41. The van der Waals surface area contributed by atoms with Gasteiger partial charge in [-0.3, -0.25) is 0 Å². The highest BCUT2D eigenvalue weighted by Gasteiger charge is 2.17. The van der Waals surface area contributed by atoms with Crippen LogP contribution in [0, 0.1) is 17.1 Å². The number of nitrogens with one attached hydrogen (secondary N) is 1. The fourth-order valence-electron chi connectivity index (χ4n) is 1.70. The second kappa shape index (κ2) is 3.34. The van der Waals surface area contributed by atoms with Crippen LogP contribution in [0.2, 0.25) is 0 Å². The second-order valence-corrected chi connectivity index (χ2v) is 4.96. The number of benzene rings is 1. The molecule has 82 valence electrons. The van der Waals surface area contributed by atoms with Crippen LogP contribution in [0.1, 0.15) is 32.0 Å². The van der Waals surface area contributed by atoms with E-state index in [-0.39, 0.29) is 11.2 Å². The Balaban J connectivity index is 2.76. The molecule has 0 radical (unpaired) electrons. The fraction of sp³-hybridized carbons (Fsp3) is 0.308. The fourth-order valence-corrected chi connectivity index (χ4v) is 1.70. The molecule has 0 spiro atoms. The van der Waals surface area contributed by atoms with Crippen LogP contribution in [-0.4, -0.2) is 4.98 Å². The van der Waals surface area contributed by atoms with Gasteiger partial charge in [0.15, 0.2) is 0 Å². The second-order valence-electron chi connectivity index (χ2n) is 4.96. The van der Waals surface area contributed by atoms with E-state index in [0.717, 1.165) is 11.1 Å². The predicted octanol–water partition coefficient (Wildman–Crippen LogP) is 3.48. The average molecular weight is 216 g/mol. The van der Waals surface area contributed by atoms with Crippen molar-refractivity contribution >= 4 is 10.9 Å². The molecule has 1 aromatic carbocycles. The molecular formula is C13H13FN2. The Morgan fingerprint density at radius 3 is 2.50 bits per heavy atom. The lowest BCUT2D eigenvalue weighted by molar-refractivity contribution is 0.574. The number of nitriles is 1. The van der Waals surface area contributed by atoms with Gasteiger partial charge in [0, 0.05) is 22.0 Å². The topological polar surface area (TPSA) is 39.6 Å². The van der Waals surface area contributed by atoms with E-state index < -0.39 is 0 Å². The van der Waals surface area contributed by atoms with Crippen LogP contribution in [0.4, 0.5) is 4.39 Å². The van der Waals surface area contributed by atoms with E-state index in [2.05, 4.69) is 25.8 Å². The van der Waals surface area contributed by atoms with Gasteiger partial charge >= 0.3 is 0 Å². The number of aromatic nitrogens is 1. The number of hydrogen-bond donors (Lipinski definition) is 1. The van der Waals surface area contributed by atoms with E-state index in [9.17, 15) is 4.39 Å². The molecule has 1 N–H and O–H groups in total. The molecule has 0 unspecified atom stereocenters. The van der Waals surface area contributed by atoms with Crippen LogP contribution in [0.3, 0.4) is 0 Å². The molecule has 0 amide bonds. The summed E-state index contributed by atoms with van der Waals surface area (Å²) in [7, 11) is 0. The highest BCUT2D eigenvalue weighted by atomic mass is 19.1. The molecule has 0 saturated carbocycles. The molecule has 3 heteroatoms. The van der Waals surface area contributed by atoms with Gasteiger partial charge in [-0.05, 0) is 18.2 Å². The van der Waals surface area contributed by atoms with Gasteiger partial charge in [-0.2, -0.15) is 5.26 Å². The van der Waals surface area contributed by atoms with Crippen LogP contribution in [0.25, 0.3) is 10.9 Å². The molecular weight excluding hydrogens is 203 g/mol. The lowest BCUT2D eigenvalue weighted by atomic mass is 9.92. The number of nitrogens with zero attached hydrogens (tertiary/aromatic N) is 1. The molecule has 0 aliphatic rings. The zero-order chi connectivity index (χ0) is 11.9. The number of hydrogen-bond acceptors (Lipinski definition) is 1. The van der Waals surface area contributed by atoms with E-state index in [0.29, 0.717) is 11.1 Å². The monoisotopic (exact) mass is 216 g/mol. The average Bonchev–Trinajstić information content (AvgIpc) is 2.59. The number of halogens is 1. The first-order valence-corrected chi connectivity index (χ1v) is 5.14. The molecule has 1 heterocycles. The maximum Gasteiger partial charge on any atom is 0.126 e. The van der Waals surface area contributed by atoms with E-state index in [1.807, 2.05) is 12.1 Å². The molecule has 16 heavy (non-hydrogen) atoms. The van der Waals surface area contributed by atoms with Crippen molar-refractivity contribution in [3.05, 3.63) is 35.3 Å². The molecule has 0 aliphatic heterocycles. The molecule has 0 atom stereocenters. The normalized spacial score (nSPS) is 11.7. The Bertz CT molecular complexity index is 582. The number of H-pyrrole nitrogens is 1. The Kier molecular flexibility index (Phi) is 2.23. The van der Waals surface area contributed by atoms with Crippen molar-refractivity contribution in [2.24, 2.45) is 0 Å². The standard InChI is InChI=1S/C13H13FN2/c1-13(2,3)12-6-10-8(7-15)4-9(14)5-11(10)16-12/h4-6,16H,1-3H3. The summed E-state index contributed by atoms with van der Waals surface area (Å²) in [6.07, 6.45) is 0. The van der Waals surface area contributed by atoms with Crippen molar-refractivity contribution in [3.8, 4) is 6.07 Å². The summed E-state index contributed by atoms with van der Waals surface area (Å²) in [5.41, 5.74) is 2.02. The van der Waals surface area contributed by atoms with Gasteiger partial charge in [0.2, 0.25) is 0 Å². The van der Waals surface area contributed by atoms with Crippen LogP contribution >= 0.6 is 0 Å². The maximum atomic E-state index is 13.2. The zero-order valence-corrected chi connectivity index (χ0v) is 9.56. The minimum absolute atomic E-state index is 0.0395. The number of fused-ring (bicyclic) bond motifs is 1. The highest BCUT2D eigenvalue weighted by Crippen LogP contribution is 2.28. The molecule has 2 rings (SSSR count). The summed E-state index contributed by atoms with van der Waals surface area (Å²) >= 11 is 0. The summed E-state index contributed by atoms with van der Waals surface area (Å²) in [6, 6.07) is 6.63. The number of aromatic amines is 1. The van der Waals surface area contributed by atoms with Crippen molar-refractivity contribution in [1.82, 2.24) is 4.98 Å². The van der Waals surface area contributed by atoms with Crippen molar-refractivity contribution in [3.63, 3.8) is 0 Å². The Morgan fingerprint density at radius 2 is 1.94 bits per heavy atom. The molecule has 0 bridgehead atoms. The number of rotatable bonds is 0. The zero-order valence-electron chi connectivity index (χ0n) is 9.56. The highest BCUT2D eigenvalue weighted by molar-refractivity contribution is 5.86. The van der Waals surface area contributed by atoms with Crippen molar-refractivity contribution in [2.75, 3.05) is 0 Å². The largest absolute Gasteiger partial charge is 0.358 e. The van der Waals surface area contributed by atoms with Crippen LogP contribution in [0.5, 0.6) is 0 Å². The van der Waals surface area contributed by atoms with Gasteiger partial charge in [-0.25, -0.2) is 4.39 Å². The summed E-state index contributed by atoms with van der Waals surface area (Å²) < 4.78 is 13.2. The molecule has 1 aromatic heterocycles. The SMILES string of the molecule is CC(C)(C)c1cc2c(C#N)cc(F)cc2[nH]1. The third-order valence-corrected chi connectivity index (χ3v) is 2.63. The third-order valence-electron chi connectivity index (χ3n) is 2.63. The minimum Gasteiger partial charge on any atom is -0.358 e. The van der Waals surface area contributed by atoms with Gasteiger partial charge in [-0.15, -0.1) is 0 Å². The summed E-state index contributed by atoms with van der Waals surface area (Å²) in [4.78, 5) is 3.16. The van der Waals surface area contributed by atoms with Gasteiger partial charge < -0.3 is 4.98 Å². The molecule has 0 aliphatic carbocycles. The quantitative estimate of drug-likeness (QED) is 0.719. The van der Waals surface area contributed by atoms with E-state index >= 15 is 0 Å². The molecule has 2 nitrogen and oxygen atoms in total. The van der Waals surface area contributed by atoms with Crippen LogP contribution in [-0.2, 0) is 5.41 Å². The molecule has 2 aromatic rings. The van der Waals surface area contributed by atoms with Gasteiger partial charge in [0.05, 0.1) is 11.6 Å². The van der Waals surface area contributed by atoms with Crippen molar-refractivity contribution in [1.29, 1.82) is 5.26 Å². The Morgan fingerprint density at radius 1 is 1.25 bits per heavy atom. The van der Waals surface area contributed by atoms with E-state index in [4.69, 9.17) is 5.26 Å². The van der Waals surface area contributed by atoms with E-state index in [1.165, 1.54) is 12.1 Å². The van der Waals surface area contributed by atoms with Crippen molar-refractivity contribution < 1.29 is 4.39 Å². The predicted molar refractivity (Wildman–Crippen MR) is 61.7 cm³/mol. The maximum absolute atomic E-state index is 13.2. The van der Waals surface area contributed by atoms with Crippen molar-refractivity contribution in [2.45, 2.75) is 26.2 Å². The van der Waals surface area contributed by atoms with Crippen LogP contribution in [0.15, 0.2) is 18.2 Å². The first kappa shape index (κ1) is 10.7. The minimum atomic E-state index is -0.383. The smallest absolute Gasteiger partial charge is 0.126 e. The first-order valence-electron chi connectivity index (χ1n) is 5.14. The van der Waals surface area contributed by atoms with Gasteiger partial charge in [0.1, 0.15) is 5.82 Å². The molecule has 0 saturated heterocycles. The Hall–Kier alpha value is -1.82. The third kappa shape index (κ3) is 1.67. The summed E-state index contributed by atoms with van der Waals surface area (Å²) in [6.45, 7) is 6.21. The summed E-state index contributed by atoms with van der Waals surface area (Å²) in [5.74, 6) is -0.383. The lowest BCUT2D eigenvalue weighted by Gasteiger charge is -2.15. The Labute approximate surface area is 93.7 Å². The van der Waals surface area contributed by atoms with E-state index in [1.54, 1.807) is 0 Å². The van der Waals surface area contributed by atoms with Gasteiger partial charge in [0.25, 0.3) is 0 Å². The van der Waals surface area contributed by atoms with Gasteiger partial charge in [-0.1, -0.05) is 20.8 Å². The lowest BCUT2D eigenvalue weighted by Crippen LogP contribution is -2.10. The summed E-state index contributed by atoms with van der Waals surface area (Å²) in [5, 5.41) is 9.73.